The van der Waals surface area contributed by atoms with Crippen molar-refractivity contribution in [2.45, 2.75) is 70.0 Å². The molecule has 1 aliphatic rings. The molecule has 1 saturated carbocycles. The number of rotatable bonds is 8. The molecular formula is C14H24OS. The van der Waals surface area contributed by atoms with Crippen molar-refractivity contribution in [3.8, 4) is 0 Å². The molecule has 0 radical (unpaired) electrons. The van der Waals surface area contributed by atoms with Crippen LogP contribution in [-0.2, 0) is 4.79 Å². The second-order valence-corrected chi connectivity index (χ2v) is 6.46. The van der Waals surface area contributed by atoms with E-state index in [4.69, 9.17) is 0 Å². The quantitative estimate of drug-likeness (QED) is 0.451. The summed E-state index contributed by atoms with van der Waals surface area (Å²) in [6.45, 7) is 7.77. The lowest BCUT2D eigenvalue weighted by molar-refractivity contribution is -0.107. The second-order valence-electron chi connectivity index (χ2n) is 5.02. The lowest BCUT2D eigenvalue weighted by Gasteiger charge is -2.13. The molecule has 0 saturated heterocycles. The van der Waals surface area contributed by atoms with Gasteiger partial charge < -0.3 is 0 Å². The summed E-state index contributed by atoms with van der Waals surface area (Å²) in [4.78, 5) is 11.6. The molecule has 0 amide bonds. The molecule has 1 aliphatic carbocycles. The monoisotopic (exact) mass is 240 g/mol. The number of unbranched alkanes of at least 4 members (excludes halogenated alkanes) is 4. The van der Waals surface area contributed by atoms with Crippen LogP contribution in [-0.4, -0.2) is 9.86 Å². The van der Waals surface area contributed by atoms with Gasteiger partial charge in [-0.05, 0) is 31.8 Å². The smallest absolute Gasteiger partial charge is 0.214 e. The van der Waals surface area contributed by atoms with Crippen LogP contribution in [0.4, 0.5) is 0 Å². The third-order valence-corrected chi connectivity index (χ3v) is 4.78. The van der Waals surface area contributed by atoms with Gasteiger partial charge in [-0.1, -0.05) is 57.4 Å². The predicted molar refractivity (Wildman–Crippen MR) is 72.8 cm³/mol. The molecule has 16 heavy (non-hydrogen) atoms. The molecule has 92 valence electrons. The molecular weight excluding hydrogens is 216 g/mol. The van der Waals surface area contributed by atoms with Crippen LogP contribution >= 0.6 is 11.8 Å². The lowest BCUT2D eigenvalue weighted by Crippen LogP contribution is -2.07. The number of carbonyl (C=O) groups is 1. The summed E-state index contributed by atoms with van der Waals surface area (Å²) in [7, 11) is 0. The van der Waals surface area contributed by atoms with Gasteiger partial charge in [0, 0.05) is 4.75 Å². The molecule has 0 aromatic rings. The Bertz CT molecular complexity index is 253. The van der Waals surface area contributed by atoms with E-state index in [0.29, 0.717) is 10.3 Å². The van der Waals surface area contributed by atoms with E-state index in [0.717, 1.165) is 0 Å². The zero-order valence-corrected chi connectivity index (χ0v) is 11.5. The van der Waals surface area contributed by atoms with E-state index in [-0.39, 0.29) is 5.12 Å². The van der Waals surface area contributed by atoms with Crippen LogP contribution in [0.2, 0.25) is 0 Å². The van der Waals surface area contributed by atoms with Gasteiger partial charge in [-0.25, -0.2) is 0 Å². The summed E-state index contributed by atoms with van der Waals surface area (Å²) < 4.78 is 0.308. The zero-order valence-electron chi connectivity index (χ0n) is 10.7. The third kappa shape index (κ3) is 4.73. The van der Waals surface area contributed by atoms with Gasteiger partial charge in [0.1, 0.15) is 0 Å². The predicted octanol–water partition coefficient (Wildman–Crippen LogP) is 4.72. The Morgan fingerprint density at radius 3 is 2.38 bits per heavy atom. The molecule has 0 aromatic heterocycles. The van der Waals surface area contributed by atoms with E-state index >= 15 is 0 Å². The van der Waals surface area contributed by atoms with Gasteiger partial charge >= 0.3 is 0 Å². The minimum Gasteiger partial charge on any atom is -0.282 e. The van der Waals surface area contributed by atoms with Gasteiger partial charge in [-0.3, -0.25) is 4.79 Å². The van der Waals surface area contributed by atoms with Crippen molar-refractivity contribution in [2.24, 2.45) is 0 Å². The molecule has 0 N–H and O–H groups in total. The number of thioether (sulfide) groups is 1. The molecule has 0 unspecified atom stereocenters. The SMILES string of the molecule is C=C(C)C(=O)SC1(CCCCCCC)CC1. The normalized spacial score (nSPS) is 17.1. The highest BCUT2D eigenvalue weighted by molar-refractivity contribution is 8.15. The minimum absolute atomic E-state index is 0.200. The Hall–Kier alpha value is -0.240. The average Bonchev–Trinajstić information content (AvgIpc) is 2.98. The molecule has 0 spiro atoms. The topological polar surface area (TPSA) is 17.1 Å². The first-order valence-corrected chi connectivity index (χ1v) is 7.30. The summed E-state index contributed by atoms with van der Waals surface area (Å²) in [6.07, 6.45) is 10.3. The summed E-state index contributed by atoms with van der Waals surface area (Å²) in [5.41, 5.74) is 0.697. The van der Waals surface area contributed by atoms with Crippen molar-refractivity contribution in [1.82, 2.24) is 0 Å². The minimum atomic E-state index is 0.200. The first kappa shape index (κ1) is 13.8. The summed E-state index contributed by atoms with van der Waals surface area (Å²) >= 11 is 1.55. The maximum absolute atomic E-state index is 11.6. The Kier molecular flexibility index (Phi) is 5.60. The van der Waals surface area contributed by atoms with E-state index < -0.39 is 0 Å². The second kappa shape index (κ2) is 6.48. The van der Waals surface area contributed by atoms with Crippen LogP contribution < -0.4 is 0 Å². The molecule has 0 aromatic carbocycles. The lowest BCUT2D eigenvalue weighted by atomic mass is 10.1. The molecule has 2 heteroatoms. The Labute approximate surface area is 104 Å². The van der Waals surface area contributed by atoms with Gasteiger partial charge in [0.25, 0.3) is 0 Å². The molecule has 0 aliphatic heterocycles. The number of hydrogen-bond acceptors (Lipinski definition) is 2. The fourth-order valence-electron chi connectivity index (χ4n) is 1.88. The van der Waals surface area contributed by atoms with E-state index in [2.05, 4.69) is 13.5 Å². The van der Waals surface area contributed by atoms with Gasteiger partial charge in [-0.15, -0.1) is 0 Å². The van der Waals surface area contributed by atoms with Crippen LogP contribution in [0, 0.1) is 0 Å². The largest absolute Gasteiger partial charge is 0.282 e. The van der Waals surface area contributed by atoms with Crippen molar-refractivity contribution in [2.75, 3.05) is 0 Å². The molecule has 0 bridgehead atoms. The van der Waals surface area contributed by atoms with Gasteiger partial charge in [0.2, 0.25) is 5.12 Å². The molecule has 0 atom stereocenters. The van der Waals surface area contributed by atoms with Gasteiger partial charge in [0.05, 0.1) is 0 Å². The summed E-state index contributed by atoms with van der Waals surface area (Å²) in [5, 5.41) is 0.200. The van der Waals surface area contributed by atoms with E-state index in [9.17, 15) is 4.79 Å². The van der Waals surface area contributed by atoms with Crippen LogP contribution in [0.15, 0.2) is 12.2 Å². The van der Waals surface area contributed by atoms with E-state index in [1.165, 1.54) is 51.4 Å². The summed E-state index contributed by atoms with van der Waals surface area (Å²) in [5.74, 6) is 0. The highest BCUT2D eigenvalue weighted by Gasteiger charge is 2.44. The molecule has 1 nitrogen and oxygen atoms in total. The van der Waals surface area contributed by atoms with Crippen molar-refractivity contribution in [3.05, 3.63) is 12.2 Å². The van der Waals surface area contributed by atoms with Crippen LogP contribution in [0.1, 0.15) is 65.2 Å². The van der Waals surface area contributed by atoms with Gasteiger partial charge in [0.15, 0.2) is 0 Å². The van der Waals surface area contributed by atoms with E-state index in [1.807, 2.05) is 6.92 Å². The van der Waals surface area contributed by atoms with Gasteiger partial charge in [-0.2, -0.15) is 0 Å². The highest BCUT2D eigenvalue weighted by Crippen LogP contribution is 2.52. The average molecular weight is 240 g/mol. The van der Waals surface area contributed by atoms with Crippen molar-refractivity contribution in [3.63, 3.8) is 0 Å². The van der Waals surface area contributed by atoms with Crippen molar-refractivity contribution in [1.29, 1.82) is 0 Å². The molecule has 1 rings (SSSR count). The van der Waals surface area contributed by atoms with Crippen LogP contribution in [0.25, 0.3) is 0 Å². The summed E-state index contributed by atoms with van der Waals surface area (Å²) in [6, 6.07) is 0. The Morgan fingerprint density at radius 1 is 1.25 bits per heavy atom. The Morgan fingerprint density at radius 2 is 1.88 bits per heavy atom. The first-order chi connectivity index (χ1) is 7.59. The van der Waals surface area contributed by atoms with Crippen molar-refractivity contribution < 1.29 is 4.79 Å². The van der Waals surface area contributed by atoms with Crippen molar-refractivity contribution >= 4 is 16.9 Å². The third-order valence-electron chi connectivity index (χ3n) is 3.20. The standard InChI is InChI=1S/C14H24OS/c1-4-5-6-7-8-9-14(10-11-14)16-13(15)12(2)3/h2,4-11H2,1,3H3. The molecule has 0 heterocycles. The zero-order chi connectivity index (χ0) is 12.0. The highest BCUT2D eigenvalue weighted by atomic mass is 32.2. The fraction of sp³-hybridized carbons (Fsp3) is 0.786. The fourth-order valence-corrected chi connectivity index (χ4v) is 3.00. The van der Waals surface area contributed by atoms with Crippen LogP contribution in [0.5, 0.6) is 0 Å². The number of hydrogen-bond donors (Lipinski definition) is 0. The van der Waals surface area contributed by atoms with E-state index in [1.54, 1.807) is 11.8 Å². The number of carbonyl (C=O) groups excluding carboxylic acids is 1. The maximum atomic E-state index is 11.6. The first-order valence-electron chi connectivity index (χ1n) is 6.48. The maximum Gasteiger partial charge on any atom is 0.214 e. The molecule has 1 fully saturated rings. The Balaban J connectivity index is 2.15. The van der Waals surface area contributed by atoms with Crippen LogP contribution in [0.3, 0.4) is 0 Å².